The SMILES string of the molecule is CCOC(=O)c1ccc(N=C2SC(CC(=O)Nc3ccc(OCC)cc3)C(=O)N2Cc2ccc(Cl)cc2)cc1. The lowest BCUT2D eigenvalue weighted by atomic mass is 10.2. The summed E-state index contributed by atoms with van der Waals surface area (Å²) >= 11 is 7.26. The van der Waals surface area contributed by atoms with Gasteiger partial charge in [-0.05, 0) is 80.1 Å². The van der Waals surface area contributed by atoms with Crippen molar-refractivity contribution < 1.29 is 23.9 Å². The highest BCUT2D eigenvalue weighted by Crippen LogP contribution is 2.33. The number of amides is 2. The molecule has 1 aliphatic heterocycles. The molecular weight excluding hydrogens is 538 g/mol. The van der Waals surface area contributed by atoms with Crippen LogP contribution in [0.15, 0.2) is 77.8 Å². The molecule has 8 nitrogen and oxygen atoms in total. The average Bonchev–Trinajstić information content (AvgIpc) is 3.20. The average molecular weight is 566 g/mol. The summed E-state index contributed by atoms with van der Waals surface area (Å²) in [6.07, 6.45) is -0.0192. The second-order valence-corrected chi connectivity index (χ2v) is 10.1. The predicted octanol–water partition coefficient (Wildman–Crippen LogP) is 6.08. The highest BCUT2D eigenvalue weighted by atomic mass is 35.5. The van der Waals surface area contributed by atoms with Crippen molar-refractivity contribution in [3.63, 3.8) is 0 Å². The molecule has 202 valence electrons. The molecule has 2 amide bonds. The summed E-state index contributed by atoms with van der Waals surface area (Å²) in [6.45, 7) is 4.77. The highest BCUT2D eigenvalue weighted by Gasteiger charge is 2.39. The number of thioether (sulfide) groups is 1. The summed E-state index contributed by atoms with van der Waals surface area (Å²) in [6, 6.07) is 20.9. The van der Waals surface area contributed by atoms with Crippen LogP contribution < -0.4 is 10.1 Å². The van der Waals surface area contributed by atoms with E-state index in [0.29, 0.717) is 39.5 Å². The first-order valence-corrected chi connectivity index (χ1v) is 13.7. The lowest BCUT2D eigenvalue weighted by Crippen LogP contribution is -2.33. The van der Waals surface area contributed by atoms with Gasteiger partial charge in [0.05, 0.1) is 31.0 Å². The Labute approximate surface area is 236 Å². The van der Waals surface area contributed by atoms with Crippen molar-refractivity contribution in [3.05, 3.63) is 88.9 Å². The van der Waals surface area contributed by atoms with Crippen LogP contribution in [0, 0.1) is 0 Å². The second-order valence-electron chi connectivity index (χ2n) is 8.53. The summed E-state index contributed by atoms with van der Waals surface area (Å²) in [5, 5.41) is 3.27. The molecule has 39 heavy (non-hydrogen) atoms. The normalized spacial score (nSPS) is 15.9. The van der Waals surface area contributed by atoms with Gasteiger partial charge in [0.25, 0.3) is 0 Å². The molecule has 0 radical (unpaired) electrons. The van der Waals surface area contributed by atoms with E-state index in [0.717, 1.165) is 5.56 Å². The van der Waals surface area contributed by atoms with Crippen molar-refractivity contribution in [2.45, 2.75) is 32.1 Å². The maximum atomic E-state index is 13.4. The summed E-state index contributed by atoms with van der Waals surface area (Å²) < 4.78 is 10.5. The number of benzene rings is 3. The third-order valence-electron chi connectivity index (χ3n) is 5.70. The smallest absolute Gasteiger partial charge is 0.338 e. The van der Waals surface area contributed by atoms with Crippen LogP contribution in [0.25, 0.3) is 0 Å². The Morgan fingerprint density at radius 1 is 0.974 bits per heavy atom. The zero-order chi connectivity index (χ0) is 27.8. The van der Waals surface area contributed by atoms with Gasteiger partial charge < -0.3 is 14.8 Å². The molecule has 3 aromatic carbocycles. The topological polar surface area (TPSA) is 97.3 Å². The van der Waals surface area contributed by atoms with E-state index >= 15 is 0 Å². The molecule has 0 saturated carbocycles. The number of amidine groups is 1. The van der Waals surface area contributed by atoms with Gasteiger partial charge in [-0.15, -0.1) is 0 Å². The van der Waals surface area contributed by atoms with E-state index in [2.05, 4.69) is 10.3 Å². The van der Waals surface area contributed by atoms with E-state index in [-0.39, 0.29) is 31.4 Å². The number of carbonyl (C=O) groups excluding carboxylic acids is 3. The fraction of sp³-hybridized carbons (Fsp3) is 0.241. The Balaban J connectivity index is 1.51. The van der Waals surface area contributed by atoms with Crippen molar-refractivity contribution >= 4 is 57.7 Å². The molecular formula is C29H28ClN3O5S. The van der Waals surface area contributed by atoms with Crippen LogP contribution in [-0.4, -0.2) is 46.3 Å². The zero-order valence-corrected chi connectivity index (χ0v) is 23.1. The van der Waals surface area contributed by atoms with Crippen LogP contribution in [-0.2, 0) is 20.9 Å². The molecule has 1 unspecified atom stereocenters. The molecule has 1 heterocycles. The van der Waals surface area contributed by atoms with Gasteiger partial charge in [0, 0.05) is 17.1 Å². The molecule has 1 aliphatic rings. The van der Waals surface area contributed by atoms with Crippen LogP contribution in [0.3, 0.4) is 0 Å². The van der Waals surface area contributed by atoms with Gasteiger partial charge in [-0.2, -0.15) is 0 Å². The van der Waals surface area contributed by atoms with Crippen LogP contribution in [0.1, 0.15) is 36.2 Å². The molecule has 0 aromatic heterocycles. The number of anilines is 1. The maximum absolute atomic E-state index is 13.4. The fourth-order valence-corrected chi connectivity index (χ4v) is 5.10. The molecule has 0 aliphatic carbocycles. The quantitative estimate of drug-likeness (QED) is 0.299. The van der Waals surface area contributed by atoms with Gasteiger partial charge in [0.2, 0.25) is 11.8 Å². The van der Waals surface area contributed by atoms with Gasteiger partial charge in [-0.1, -0.05) is 35.5 Å². The highest BCUT2D eigenvalue weighted by molar-refractivity contribution is 8.15. The Morgan fingerprint density at radius 2 is 1.67 bits per heavy atom. The zero-order valence-electron chi connectivity index (χ0n) is 21.6. The van der Waals surface area contributed by atoms with E-state index < -0.39 is 11.2 Å². The van der Waals surface area contributed by atoms with E-state index in [9.17, 15) is 14.4 Å². The van der Waals surface area contributed by atoms with Gasteiger partial charge in [0.15, 0.2) is 5.17 Å². The molecule has 0 spiro atoms. The third kappa shape index (κ3) is 7.61. The number of carbonyl (C=O) groups is 3. The second kappa shape index (κ2) is 13.3. The summed E-state index contributed by atoms with van der Waals surface area (Å²) in [5.74, 6) is -0.189. The first-order chi connectivity index (χ1) is 18.9. The maximum Gasteiger partial charge on any atom is 0.338 e. The minimum Gasteiger partial charge on any atom is -0.494 e. The van der Waals surface area contributed by atoms with Crippen LogP contribution in [0.4, 0.5) is 11.4 Å². The number of ether oxygens (including phenoxy) is 2. The van der Waals surface area contributed by atoms with Crippen molar-refractivity contribution in [2.75, 3.05) is 18.5 Å². The summed E-state index contributed by atoms with van der Waals surface area (Å²) in [4.78, 5) is 44.5. The van der Waals surface area contributed by atoms with Crippen LogP contribution in [0.2, 0.25) is 5.02 Å². The van der Waals surface area contributed by atoms with Gasteiger partial charge in [0.1, 0.15) is 11.0 Å². The number of halogens is 1. The standard InChI is InChI=1S/C29H28ClN3O5S/c1-3-37-24-15-13-22(14-16-24)31-26(34)17-25-27(35)33(18-19-5-9-21(30)10-6-19)29(39-25)32-23-11-7-20(8-12-23)28(36)38-4-2/h5-16,25H,3-4,17-18H2,1-2H3,(H,31,34). The van der Waals surface area contributed by atoms with Gasteiger partial charge in [-0.25, -0.2) is 9.79 Å². The van der Waals surface area contributed by atoms with Crippen LogP contribution >= 0.6 is 23.4 Å². The summed E-state index contributed by atoms with van der Waals surface area (Å²) in [7, 11) is 0. The van der Waals surface area contributed by atoms with Gasteiger partial charge >= 0.3 is 5.97 Å². The van der Waals surface area contributed by atoms with E-state index in [4.69, 9.17) is 21.1 Å². The molecule has 1 atom stereocenters. The molecule has 1 N–H and O–H groups in total. The number of rotatable bonds is 10. The first-order valence-electron chi connectivity index (χ1n) is 12.5. The van der Waals surface area contributed by atoms with E-state index in [1.165, 1.54) is 11.8 Å². The number of hydrogen-bond acceptors (Lipinski definition) is 7. The van der Waals surface area contributed by atoms with E-state index in [1.807, 2.05) is 19.1 Å². The molecule has 1 saturated heterocycles. The fourth-order valence-electron chi connectivity index (χ4n) is 3.82. The molecule has 0 bridgehead atoms. The Bertz CT molecular complexity index is 1340. The van der Waals surface area contributed by atoms with Crippen molar-refractivity contribution in [1.82, 2.24) is 4.90 Å². The largest absolute Gasteiger partial charge is 0.494 e. The lowest BCUT2D eigenvalue weighted by molar-refractivity contribution is -0.128. The monoisotopic (exact) mass is 565 g/mol. The lowest BCUT2D eigenvalue weighted by Gasteiger charge is -2.17. The number of esters is 1. The van der Waals surface area contributed by atoms with Crippen molar-refractivity contribution in [2.24, 2.45) is 4.99 Å². The van der Waals surface area contributed by atoms with Gasteiger partial charge in [-0.3, -0.25) is 14.5 Å². The molecule has 4 rings (SSSR count). The number of nitrogens with one attached hydrogen (secondary N) is 1. The molecule has 10 heteroatoms. The minimum absolute atomic E-state index is 0.0192. The van der Waals surface area contributed by atoms with Crippen LogP contribution in [0.5, 0.6) is 5.75 Å². The first kappa shape index (κ1) is 28.2. The predicted molar refractivity (Wildman–Crippen MR) is 154 cm³/mol. The third-order valence-corrected chi connectivity index (χ3v) is 7.12. The number of aliphatic imine (C=N–C) groups is 1. The number of hydrogen-bond donors (Lipinski definition) is 1. The number of nitrogens with zero attached hydrogens (tertiary/aromatic N) is 2. The molecule has 1 fully saturated rings. The van der Waals surface area contributed by atoms with Crippen molar-refractivity contribution in [3.8, 4) is 5.75 Å². The Morgan fingerprint density at radius 3 is 2.31 bits per heavy atom. The summed E-state index contributed by atoms with van der Waals surface area (Å²) in [5.41, 5.74) is 2.47. The Kier molecular flexibility index (Phi) is 9.62. The minimum atomic E-state index is -0.641. The van der Waals surface area contributed by atoms with Crippen molar-refractivity contribution in [1.29, 1.82) is 0 Å². The Hall–Kier alpha value is -3.82. The van der Waals surface area contributed by atoms with E-state index in [1.54, 1.807) is 72.5 Å². The molecule has 3 aromatic rings.